The lowest BCUT2D eigenvalue weighted by Crippen LogP contribution is -2.48. The highest BCUT2D eigenvalue weighted by Gasteiger charge is 2.50. The third-order valence-electron chi connectivity index (χ3n) is 6.41. The van der Waals surface area contributed by atoms with Crippen molar-refractivity contribution in [3.05, 3.63) is 54.1 Å². The molecule has 0 amide bonds. The van der Waals surface area contributed by atoms with Crippen molar-refractivity contribution in [2.75, 3.05) is 33.4 Å². The van der Waals surface area contributed by atoms with E-state index in [1.807, 2.05) is 6.07 Å². The smallest absolute Gasteiger partial charge is 0.325 e. The molecule has 2 aromatic carbocycles. The van der Waals surface area contributed by atoms with Crippen molar-refractivity contribution in [1.82, 2.24) is 4.90 Å². The van der Waals surface area contributed by atoms with Crippen molar-refractivity contribution in [3.63, 3.8) is 0 Å². The summed E-state index contributed by atoms with van der Waals surface area (Å²) >= 11 is 0. The predicted octanol–water partition coefficient (Wildman–Crippen LogP) is 3.81. The highest BCUT2D eigenvalue weighted by Crippen LogP contribution is 2.36. The number of ether oxygens (including phenoxy) is 2. The standard InChI is InChI=1S/C25H33NO6S/c1-3-25(24(27)28,33(29,30)22-13-11-21(31-2)12-14-22)19-20-9-5-6-10-23(20)32-18-17-26-15-7-4-8-16-26/h5-6,9-14H,3-4,7-8,15-19H2,1-2H3,(H,27,28). The van der Waals surface area contributed by atoms with Gasteiger partial charge in [-0.05, 0) is 68.2 Å². The van der Waals surface area contributed by atoms with Crippen LogP contribution >= 0.6 is 0 Å². The number of sulfone groups is 1. The fraction of sp³-hybridized carbons (Fsp3) is 0.480. The van der Waals surface area contributed by atoms with E-state index < -0.39 is 20.6 Å². The van der Waals surface area contributed by atoms with Crippen LogP contribution < -0.4 is 9.47 Å². The Kier molecular flexibility index (Phi) is 8.37. The second kappa shape index (κ2) is 11.0. The molecule has 1 atom stereocenters. The van der Waals surface area contributed by atoms with Crippen molar-refractivity contribution >= 4 is 15.8 Å². The van der Waals surface area contributed by atoms with E-state index in [4.69, 9.17) is 9.47 Å². The van der Waals surface area contributed by atoms with E-state index in [9.17, 15) is 18.3 Å². The van der Waals surface area contributed by atoms with Crippen LogP contribution in [-0.4, -0.2) is 62.5 Å². The van der Waals surface area contributed by atoms with Crippen LogP contribution in [0.1, 0.15) is 38.2 Å². The Hall–Kier alpha value is -2.58. The van der Waals surface area contributed by atoms with E-state index in [2.05, 4.69) is 4.90 Å². The van der Waals surface area contributed by atoms with Gasteiger partial charge in [-0.15, -0.1) is 0 Å². The molecule has 0 aromatic heterocycles. The Labute approximate surface area is 196 Å². The average Bonchev–Trinajstić information content (AvgIpc) is 2.83. The van der Waals surface area contributed by atoms with Crippen molar-refractivity contribution < 1.29 is 27.8 Å². The molecule has 8 heteroatoms. The number of nitrogens with zero attached hydrogens (tertiary/aromatic N) is 1. The van der Waals surface area contributed by atoms with Crippen LogP contribution in [0.25, 0.3) is 0 Å². The lowest BCUT2D eigenvalue weighted by atomic mass is 9.95. The number of rotatable bonds is 11. The summed E-state index contributed by atoms with van der Waals surface area (Å²) in [7, 11) is -2.72. The molecule has 33 heavy (non-hydrogen) atoms. The third kappa shape index (κ3) is 5.50. The van der Waals surface area contributed by atoms with Crippen LogP contribution in [0.15, 0.2) is 53.4 Å². The number of benzene rings is 2. The van der Waals surface area contributed by atoms with E-state index >= 15 is 0 Å². The first-order valence-corrected chi connectivity index (χ1v) is 12.9. The summed E-state index contributed by atoms with van der Waals surface area (Å²) in [5, 5.41) is 10.2. The number of carboxylic acid groups (broad SMARTS) is 1. The van der Waals surface area contributed by atoms with Crippen LogP contribution in [-0.2, 0) is 21.1 Å². The molecule has 0 radical (unpaired) electrons. The molecule has 1 aliphatic rings. The van der Waals surface area contributed by atoms with Gasteiger partial charge in [0.1, 0.15) is 18.1 Å². The summed E-state index contributed by atoms with van der Waals surface area (Å²) in [5.41, 5.74) is 0.567. The number of likely N-dealkylation sites (tertiary alicyclic amines) is 1. The zero-order valence-corrected chi connectivity index (χ0v) is 20.1. The largest absolute Gasteiger partial charge is 0.497 e. The molecular weight excluding hydrogens is 442 g/mol. The molecule has 3 rings (SSSR count). The second-order valence-corrected chi connectivity index (χ2v) is 10.6. The van der Waals surface area contributed by atoms with Crippen molar-refractivity contribution in [1.29, 1.82) is 0 Å². The monoisotopic (exact) mass is 475 g/mol. The summed E-state index contributed by atoms with van der Waals surface area (Å²) in [5.74, 6) is -0.346. The van der Waals surface area contributed by atoms with Crippen molar-refractivity contribution in [2.24, 2.45) is 0 Å². The Morgan fingerprint density at radius 2 is 1.73 bits per heavy atom. The Morgan fingerprint density at radius 3 is 2.33 bits per heavy atom. The van der Waals surface area contributed by atoms with Crippen LogP contribution in [0, 0.1) is 0 Å². The fourth-order valence-electron chi connectivity index (χ4n) is 4.30. The SMILES string of the molecule is CCC(Cc1ccccc1OCCN1CCCCC1)(C(=O)O)S(=O)(=O)c1ccc(OC)cc1. The highest BCUT2D eigenvalue weighted by molar-refractivity contribution is 7.93. The lowest BCUT2D eigenvalue weighted by molar-refractivity contribution is -0.140. The molecule has 1 unspecified atom stereocenters. The zero-order valence-electron chi connectivity index (χ0n) is 19.3. The normalized spacial score (nSPS) is 16.7. The fourth-order valence-corrected chi connectivity index (χ4v) is 6.20. The van der Waals surface area contributed by atoms with E-state index in [-0.39, 0.29) is 17.7 Å². The van der Waals surface area contributed by atoms with Gasteiger partial charge >= 0.3 is 5.97 Å². The van der Waals surface area contributed by atoms with Crippen LogP contribution in [0.2, 0.25) is 0 Å². The molecule has 180 valence electrons. The van der Waals surface area contributed by atoms with Gasteiger partial charge in [0.2, 0.25) is 0 Å². The van der Waals surface area contributed by atoms with Gasteiger partial charge in [0.25, 0.3) is 0 Å². The summed E-state index contributed by atoms with van der Waals surface area (Å²) in [6.45, 7) is 4.96. The van der Waals surface area contributed by atoms with E-state index in [1.165, 1.54) is 50.6 Å². The minimum absolute atomic E-state index is 0.0453. The van der Waals surface area contributed by atoms with Gasteiger partial charge in [-0.3, -0.25) is 9.69 Å². The third-order valence-corrected chi connectivity index (χ3v) is 8.94. The first-order valence-electron chi connectivity index (χ1n) is 11.4. The number of carbonyl (C=O) groups is 1. The molecule has 1 heterocycles. The van der Waals surface area contributed by atoms with E-state index in [1.54, 1.807) is 25.1 Å². The van der Waals surface area contributed by atoms with E-state index in [0.29, 0.717) is 23.7 Å². The summed E-state index contributed by atoms with van der Waals surface area (Å²) < 4.78 is 36.3. The molecular formula is C25H33NO6S. The zero-order chi connectivity index (χ0) is 23.9. The van der Waals surface area contributed by atoms with Gasteiger partial charge in [0.15, 0.2) is 14.6 Å². The van der Waals surface area contributed by atoms with Crippen LogP contribution in [0.5, 0.6) is 11.5 Å². The topological polar surface area (TPSA) is 93.1 Å². The molecule has 1 saturated heterocycles. The first kappa shape index (κ1) is 25.1. The maximum Gasteiger partial charge on any atom is 0.325 e. The molecule has 1 aliphatic heterocycles. The van der Waals surface area contributed by atoms with Crippen molar-refractivity contribution in [3.8, 4) is 11.5 Å². The quantitative estimate of drug-likeness (QED) is 0.528. The molecule has 1 N–H and O–H groups in total. The average molecular weight is 476 g/mol. The molecule has 1 fully saturated rings. The molecule has 7 nitrogen and oxygen atoms in total. The van der Waals surface area contributed by atoms with Gasteiger partial charge in [0, 0.05) is 13.0 Å². The number of para-hydroxylation sites is 1. The number of hydrogen-bond donors (Lipinski definition) is 1. The van der Waals surface area contributed by atoms with Crippen molar-refractivity contribution in [2.45, 2.75) is 48.7 Å². The Bertz CT molecular complexity index is 1030. The number of methoxy groups -OCH3 is 1. The van der Waals surface area contributed by atoms with E-state index in [0.717, 1.165) is 19.6 Å². The van der Waals surface area contributed by atoms with Gasteiger partial charge in [0.05, 0.1) is 12.0 Å². The summed E-state index contributed by atoms with van der Waals surface area (Å²) in [6, 6.07) is 12.9. The predicted molar refractivity (Wildman–Crippen MR) is 127 cm³/mol. The second-order valence-electron chi connectivity index (χ2n) is 8.37. The minimum atomic E-state index is -4.21. The molecule has 0 saturated carbocycles. The summed E-state index contributed by atoms with van der Waals surface area (Å²) in [4.78, 5) is 14.8. The minimum Gasteiger partial charge on any atom is -0.497 e. The van der Waals surface area contributed by atoms with Gasteiger partial charge in [-0.25, -0.2) is 8.42 Å². The molecule has 0 aliphatic carbocycles. The maximum absolute atomic E-state index is 13.6. The number of hydrogen-bond acceptors (Lipinski definition) is 6. The van der Waals surface area contributed by atoms with Gasteiger partial charge < -0.3 is 14.6 Å². The van der Waals surface area contributed by atoms with Gasteiger partial charge in [-0.1, -0.05) is 31.5 Å². The Morgan fingerprint density at radius 1 is 1.06 bits per heavy atom. The Balaban J connectivity index is 1.86. The summed E-state index contributed by atoms with van der Waals surface area (Å²) in [6.07, 6.45) is 3.37. The number of piperidine rings is 1. The molecule has 0 spiro atoms. The number of aliphatic carboxylic acids is 1. The van der Waals surface area contributed by atoms with Crippen LogP contribution in [0.3, 0.4) is 0 Å². The molecule has 0 bridgehead atoms. The number of carboxylic acids is 1. The molecule has 2 aromatic rings. The first-order chi connectivity index (χ1) is 15.8. The highest BCUT2D eigenvalue weighted by atomic mass is 32.2. The lowest BCUT2D eigenvalue weighted by Gasteiger charge is -2.29. The van der Waals surface area contributed by atoms with Crippen LogP contribution in [0.4, 0.5) is 0 Å². The maximum atomic E-state index is 13.6. The van der Waals surface area contributed by atoms with Gasteiger partial charge in [-0.2, -0.15) is 0 Å².